The molecule has 0 radical (unpaired) electrons. The monoisotopic (exact) mass is 374 g/mol. The molecule has 2 saturated heterocycles. The Morgan fingerprint density at radius 1 is 0.963 bits per heavy atom. The normalized spacial score (nSPS) is 18.9. The Morgan fingerprint density at radius 2 is 1.63 bits per heavy atom. The molecule has 3 rings (SSSR count). The van der Waals surface area contributed by atoms with Gasteiger partial charge in [0.15, 0.2) is 0 Å². The van der Waals surface area contributed by atoms with Crippen LogP contribution in [-0.4, -0.2) is 67.6 Å². The number of hydrogen-bond acceptors (Lipinski definition) is 4. The molecule has 0 aliphatic carbocycles. The van der Waals surface area contributed by atoms with E-state index in [0.29, 0.717) is 24.4 Å². The van der Waals surface area contributed by atoms with E-state index in [0.717, 1.165) is 38.8 Å². The van der Waals surface area contributed by atoms with Crippen molar-refractivity contribution in [1.82, 2.24) is 9.80 Å². The second-order valence-corrected chi connectivity index (χ2v) is 7.33. The lowest BCUT2D eigenvalue weighted by molar-refractivity contribution is -0.136. The van der Waals surface area contributed by atoms with E-state index in [1.54, 1.807) is 0 Å². The molecule has 2 aliphatic heterocycles. The molecule has 0 aromatic heterocycles. The molecule has 1 aromatic rings. The van der Waals surface area contributed by atoms with Crippen molar-refractivity contribution >= 4 is 11.8 Å². The number of ether oxygens (including phenoxy) is 2. The molecule has 27 heavy (non-hydrogen) atoms. The Hall–Kier alpha value is -2.08. The van der Waals surface area contributed by atoms with Gasteiger partial charge in [0.1, 0.15) is 18.5 Å². The van der Waals surface area contributed by atoms with Gasteiger partial charge in [-0.15, -0.1) is 0 Å². The molecule has 0 spiro atoms. The van der Waals surface area contributed by atoms with Crippen LogP contribution in [0.15, 0.2) is 24.3 Å². The molecule has 1 aromatic carbocycles. The van der Waals surface area contributed by atoms with Crippen LogP contribution in [0.25, 0.3) is 0 Å². The summed E-state index contributed by atoms with van der Waals surface area (Å²) in [5.41, 5.74) is 0.650. The van der Waals surface area contributed by atoms with Crippen LogP contribution in [0.5, 0.6) is 5.75 Å². The molecule has 0 N–H and O–H groups in total. The summed E-state index contributed by atoms with van der Waals surface area (Å²) in [6.45, 7) is 3.10. The Balaban J connectivity index is 1.61. The van der Waals surface area contributed by atoms with Crippen molar-refractivity contribution in [3.8, 4) is 5.75 Å². The third kappa shape index (κ3) is 5.22. The fourth-order valence-electron chi connectivity index (χ4n) is 3.81. The van der Waals surface area contributed by atoms with Gasteiger partial charge in [0.05, 0.1) is 5.56 Å². The lowest BCUT2D eigenvalue weighted by Crippen LogP contribution is -2.43. The predicted octanol–water partition coefficient (Wildman–Crippen LogP) is 2.72. The van der Waals surface area contributed by atoms with Gasteiger partial charge in [-0.05, 0) is 25.0 Å². The minimum absolute atomic E-state index is 0.0210. The first-order chi connectivity index (χ1) is 13.2. The summed E-state index contributed by atoms with van der Waals surface area (Å²) in [4.78, 5) is 28.7. The highest BCUT2D eigenvalue weighted by Gasteiger charge is 2.26. The SMILES string of the molecule is COCC(=O)N1CCC(Oc2ccccc2C(=O)N2CCCCCC2)CC1. The molecule has 0 atom stereocenters. The van der Waals surface area contributed by atoms with E-state index in [9.17, 15) is 9.59 Å². The van der Waals surface area contributed by atoms with E-state index in [1.165, 1.54) is 20.0 Å². The zero-order chi connectivity index (χ0) is 19.1. The fraction of sp³-hybridized carbons (Fsp3) is 0.619. The number of carbonyl (C=O) groups is 2. The first-order valence-electron chi connectivity index (χ1n) is 10.0. The number of nitrogens with zero attached hydrogens (tertiary/aromatic N) is 2. The van der Waals surface area contributed by atoms with Gasteiger partial charge in [-0.25, -0.2) is 0 Å². The maximum atomic E-state index is 13.0. The van der Waals surface area contributed by atoms with Gasteiger partial charge in [-0.2, -0.15) is 0 Å². The average Bonchev–Trinajstić information content (AvgIpc) is 2.98. The number of para-hydroxylation sites is 1. The molecule has 2 amide bonds. The molecule has 2 heterocycles. The number of benzene rings is 1. The Kier molecular flexibility index (Phi) is 7.10. The summed E-state index contributed by atoms with van der Waals surface area (Å²) >= 11 is 0. The third-order valence-electron chi connectivity index (χ3n) is 5.37. The van der Waals surface area contributed by atoms with Gasteiger partial charge in [-0.3, -0.25) is 9.59 Å². The smallest absolute Gasteiger partial charge is 0.257 e. The van der Waals surface area contributed by atoms with E-state index in [4.69, 9.17) is 9.47 Å². The van der Waals surface area contributed by atoms with Crippen molar-refractivity contribution in [2.75, 3.05) is 39.9 Å². The summed E-state index contributed by atoms with van der Waals surface area (Å²) in [6, 6.07) is 7.54. The number of carbonyl (C=O) groups excluding carboxylic acids is 2. The van der Waals surface area contributed by atoms with Crippen LogP contribution < -0.4 is 4.74 Å². The van der Waals surface area contributed by atoms with Crippen LogP contribution in [0.1, 0.15) is 48.9 Å². The zero-order valence-corrected chi connectivity index (χ0v) is 16.2. The van der Waals surface area contributed by atoms with Gasteiger partial charge >= 0.3 is 0 Å². The van der Waals surface area contributed by atoms with Crippen molar-refractivity contribution in [2.24, 2.45) is 0 Å². The molecule has 2 fully saturated rings. The van der Waals surface area contributed by atoms with Gasteiger partial charge in [0.2, 0.25) is 5.91 Å². The van der Waals surface area contributed by atoms with Gasteiger partial charge in [0, 0.05) is 46.1 Å². The summed E-state index contributed by atoms with van der Waals surface area (Å²) in [7, 11) is 1.53. The van der Waals surface area contributed by atoms with Crippen molar-refractivity contribution in [3.05, 3.63) is 29.8 Å². The van der Waals surface area contributed by atoms with Gasteiger partial charge in [-0.1, -0.05) is 25.0 Å². The number of rotatable bonds is 5. The Labute approximate surface area is 161 Å². The molecule has 0 saturated carbocycles. The Bertz CT molecular complexity index is 633. The maximum Gasteiger partial charge on any atom is 0.257 e. The van der Waals surface area contributed by atoms with Gasteiger partial charge in [0.25, 0.3) is 5.91 Å². The molecule has 0 unspecified atom stereocenters. The Morgan fingerprint density at radius 3 is 2.30 bits per heavy atom. The standard InChI is InChI=1S/C21H30N2O4/c1-26-16-20(24)22-14-10-17(11-15-22)27-19-9-5-4-8-18(19)21(25)23-12-6-2-3-7-13-23/h4-5,8-9,17H,2-3,6-7,10-16H2,1H3. The number of amides is 2. The highest BCUT2D eigenvalue weighted by Crippen LogP contribution is 2.25. The number of methoxy groups -OCH3 is 1. The van der Waals surface area contributed by atoms with Crippen LogP contribution in [-0.2, 0) is 9.53 Å². The van der Waals surface area contributed by atoms with E-state index in [1.807, 2.05) is 34.1 Å². The van der Waals surface area contributed by atoms with Crippen LogP contribution in [0.4, 0.5) is 0 Å². The second kappa shape index (κ2) is 9.74. The zero-order valence-electron chi connectivity index (χ0n) is 16.2. The van der Waals surface area contributed by atoms with Crippen LogP contribution in [0.2, 0.25) is 0 Å². The van der Waals surface area contributed by atoms with Crippen molar-refractivity contribution in [3.63, 3.8) is 0 Å². The molecule has 148 valence electrons. The minimum atomic E-state index is 0.0210. The minimum Gasteiger partial charge on any atom is -0.489 e. The highest BCUT2D eigenvalue weighted by molar-refractivity contribution is 5.97. The molecule has 6 nitrogen and oxygen atoms in total. The summed E-state index contributed by atoms with van der Waals surface area (Å²) in [6.07, 6.45) is 6.09. The van der Waals surface area contributed by atoms with Crippen LogP contribution in [0.3, 0.4) is 0 Å². The fourth-order valence-corrected chi connectivity index (χ4v) is 3.81. The van der Waals surface area contributed by atoms with E-state index < -0.39 is 0 Å². The molecule has 2 aliphatic rings. The molecular formula is C21H30N2O4. The van der Waals surface area contributed by atoms with Crippen molar-refractivity contribution in [2.45, 2.75) is 44.6 Å². The predicted molar refractivity (Wildman–Crippen MR) is 103 cm³/mol. The van der Waals surface area contributed by atoms with Crippen molar-refractivity contribution in [1.29, 1.82) is 0 Å². The van der Waals surface area contributed by atoms with Crippen LogP contribution in [0, 0.1) is 0 Å². The van der Waals surface area contributed by atoms with E-state index in [-0.39, 0.29) is 24.5 Å². The second-order valence-electron chi connectivity index (χ2n) is 7.33. The lowest BCUT2D eigenvalue weighted by Gasteiger charge is -2.32. The van der Waals surface area contributed by atoms with E-state index in [2.05, 4.69) is 0 Å². The highest BCUT2D eigenvalue weighted by atomic mass is 16.5. The number of piperidine rings is 1. The molecule has 6 heteroatoms. The van der Waals surface area contributed by atoms with Crippen molar-refractivity contribution < 1.29 is 19.1 Å². The molecular weight excluding hydrogens is 344 g/mol. The maximum absolute atomic E-state index is 13.0. The number of hydrogen-bond donors (Lipinski definition) is 0. The quantitative estimate of drug-likeness (QED) is 0.795. The van der Waals surface area contributed by atoms with Gasteiger partial charge < -0.3 is 19.3 Å². The average molecular weight is 374 g/mol. The largest absolute Gasteiger partial charge is 0.489 e. The number of likely N-dealkylation sites (tertiary alicyclic amines) is 2. The lowest BCUT2D eigenvalue weighted by atomic mass is 10.1. The first kappa shape index (κ1) is 19.7. The third-order valence-corrected chi connectivity index (χ3v) is 5.37. The summed E-state index contributed by atoms with van der Waals surface area (Å²) < 4.78 is 11.1. The first-order valence-corrected chi connectivity index (χ1v) is 10.0. The summed E-state index contributed by atoms with van der Waals surface area (Å²) in [5.74, 6) is 0.751. The van der Waals surface area contributed by atoms with E-state index >= 15 is 0 Å². The topological polar surface area (TPSA) is 59.1 Å². The van der Waals surface area contributed by atoms with Crippen LogP contribution >= 0.6 is 0 Å². The summed E-state index contributed by atoms with van der Waals surface area (Å²) in [5, 5.41) is 0. The molecule has 0 bridgehead atoms.